The molecule has 0 bridgehead atoms. The zero-order valence-electron chi connectivity index (χ0n) is 8.11. The SMILES string of the molecule is OC1CC(c2ncc3n2CCNC3)C1. The molecule has 3 rings (SSSR count). The van der Waals surface area contributed by atoms with Crippen LogP contribution in [0.15, 0.2) is 6.20 Å². The molecule has 4 nitrogen and oxygen atoms in total. The summed E-state index contributed by atoms with van der Waals surface area (Å²) in [7, 11) is 0. The molecule has 0 spiro atoms. The van der Waals surface area contributed by atoms with Crippen molar-refractivity contribution >= 4 is 0 Å². The topological polar surface area (TPSA) is 50.1 Å². The predicted molar refractivity (Wildman–Crippen MR) is 51.9 cm³/mol. The number of fused-ring (bicyclic) bond motifs is 1. The van der Waals surface area contributed by atoms with E-state index in [4.69, 9.17) is 0 Å². The van der Waals surface area contributed by atoms with Crippen LogP contribution in [0.25, 0.3) is 0 Å². The van der Waals surface area contributed by atoms with E-state index in [1.54, 1.807) is 0 Å². The number of hydrogen-bond donors (Lipinski definition) is 2. The van der Waals surface area contributed by atoms with E-state index in [9.17, 15) is 5.11 Å². The van der Waals surface area contributed by atoms with Crippen LogP contribution in [0, 0.1) is 0 Å². The fourth-order valence-corrected chi connectivity index (χ4v) is 2.36. The highest BCUT2D eigenvalue weighted by molar-refractivity contribution is 5.14. The molecule has 0 saturated heterocycles. The zero-order chi connectivity index (χ0) is 9.54. The summed E-state index contributed by atoms with van der Waals surface area (Å²) >= 11 is 0. The number of aliphatic hydroxyl groups is 1. The Labute approximate surface area is 83.0 Å². The predicted octanol–water partition coefficient (Wildman–Crippen LogP) is 0.225. The van der Waals surface area contributed by atoms with Crippen LogP contribution < -0.4 is 5.32 Å². The van der Waals surface area contributed by atoms with Crippen molar-refractivity contribution in [2.24, 2.45) is 0 Å². The molecule has 1 fully saturated rings. The van der Waals surface area contributed by atoms with E-state index in [0.29, 0.717) is 5.92 Å². The summed E-state index contributed by atoms with van der Waals surface area (Å²) in [5.41, 5.74) is 1.28. The first-order valence-corrected chi connectivity index (χ1v) is 5.27. The van der Waals surface area contributed by atoms with Crippen molar-refractivity contribution < 1.29 is 5.11 Å². The highest BCUT2D eigenvalue weighted by Gasteiger charge is 2.32. The largest absolute Gasteiger partial charge is 0.393 e. The Hall–Kier alpha value is -0.870. The van der Waals surface area contributed by atoms with Crippen LogP contribution in [-0.4, -0.2) is 27.3 Å². The molecule has 2 aliphatic rings. The Morgan fingerprint density at radius 1 is 1.50 bits per heavy atom. The van der Waals surface area contributed by atoms with Gasteiger partial charge in [-0.15, -0.1) is 0 Å². The summed E-state index contributed by atoms with van der Waals surface area (Å²) in [4.78, 5) is 4.47. The van der Waals surface area contributed by atoms with Crippen molar-refractivity contribution in [1.29, 1.82) is 0 Å². The number of aromatic nitrogens is 2. The summed E-state index contributed by atoms with van der Waals surface area (Å²) in [5, 5.41) is 12.6. The van der Waals surface area contributed by atoms with Crippen LogP contribution in [0.2, 0.25) is 0 Å². The lowest BCUT2D eigenvalue weighted by molar-refractivity contribution is 0.0701. The molecule has 1 aliphatic heterocycles. The van der Waals surface area contributed by atoms with Crippen molar-refractivity contribution in [2.75, 3.05) is 6.54 Å². The number of nitrogens with zero attached hydrogens (tertiary/aromatic N) is 2. The Balaban J connectivity index is 1.87. The van der Waals surface area contributed by atoms with E-state index >= 15 is 0 Å². The molecule has 0 unspecified atom stereocenters. The molecule has 2 N–H and O–H groups in total. The zero-order valence-corrected chi connectivity index (χ0v) is 8.11. The molecule has 1 aliphatic carbocycles. The molecule has 0 atom stereocenters. The smallest absolute Gasteiger partial charge is 0.112 e. The molecular weight excluding hydrogens is 178 g/mol. The summed E-state index contributed by atoms with van der Waals surface area (Å²) in [6, 6.07) is 0. The van der Waals surface area contributed by atoms with Crippen LogP contribution in [-0.2, 0) is 13.1 Å². The number of rotatable bonds is 1. The van der Waals surface area contributed by atoms with Gasteiger partial charge in [0.1, 0.15) is 5.82 Å². The molecule has 0 radical (unpaired) electrons. The quantitative estimate of drug-likeness (QED) is 0.671. The van der Waals surface area contributed by atoms with E-state index < -0.39 is 0 Å². The first kappa shape index (κ1) is 8.44. The minimum atomic E-state index is -0.0883. The highest BCUT2D eigenvalue weighted by Crippen LogP contribution is 2.36. The van der Waals surface area contributed by atoms with Gasteiger partial charge in [0.2, 0.25) is 0 Å². The van der Waals surface area contributed by atoms with Gasteiger partial charge in [0.15, 0.2) is 0 Å². The molecule has 1 aromatic heterocycles. The summed E-state index contributed by atoms with van der Waals surface area (Å²) in [5.74, 6) is 1.68. The third-order valence-corrected chi connectivity index (χ3v) is 3.27. The summed E-state index contributed by atoms with van der Waals surface area (Å²) < 4.78 is 2.31. The maximum absolute atomic E-state index is 9.27. The van der Waals surface area contributed by atoms with Crippen molar-refractivity contribution in [3.8, 4) is 0 Å². The van der Waals surface area contributed by atoms with Crippen LogP contribution in [0.3, 0.4) is 0 Å². The molecule has 2 heterocycles. The Morgan fingerprint density at radius 3 is 3.14 bits per heavy atom. The van der Waals surface area contributed by atoms with Gasteiger partial charge in [-0.05, 0) is 12.8 Å². The molecule has 14 heavy (non-hydrogen) atoms. The van der Waals surface area contributed by atoms with Gasteiger partial charge in [-0.1, -0.05) is 0 Å². The second-order valence-corrected chi connectivity index (χ2v) is 4.26. The average Bonchev–Trinajstić information content (AvgIpc) is 2.56. The van der Waals surface area contributed by atoms with E-state index in [2.05, 4.69) is 14.9 Å². The monoisotopic (exact) mass is 193 g/mol. The maximum Gasteiger partial charge on any atom is 0.112 e. The minimum absolute atomic E-state index is 0.0883. The maximum atomic E-state index is 9.27. The lowest BCUT2D eigenvalue weighted by Gasteiger charge is -2.32. The lowest BCUT2D eigenvalue weighted by atomic mass is 9.82. The molecular formula is C10H15N3O. The Morgan fingerprint density at radius 2 is 2.36 bits per heavy atom. The number of nitrogens with one attached hydrogen (secondary N) is 1. The lowest BCUT2D eigenvalue weighted by Crippen LogP contribution is -2.33. The van der Waals surface area contributed by atoms with Crippen LogP contribution in [0.4, 0.5) is 0 Å². The minimum Gasteiger partial charge on any atom is -0.393 e. The van der Waals surface area contributed by atoms with Crippen molar-refractivity contribution in [2.45, 2.75) is 38.0 Å². The van der Waals surface area contributed by atoms with Gasteiger partial charge in [0, 0.05) is 31.7 Å². The van der Waals surface area contributed by atoms with Gasteiger partial charge in [-0.2, -0.15) is 0 Å². The second kappa shape index (κ2) is 3.07. The van der Waals surface area contributed by atoms with E-state index in [0.717, 1.165) is 32.5 Å². The number of hydrogen-bond acceptors (Lipinski definition) is 3. The van der Waals surface area contributed by atoms with Gasteiger partial charge in [-0.25, -0.2) is 4.98 Å². The molecule has 1 aromatic rings. The van der Waals surface area contributed by atoms with Crippen molar-refractivity contribution in [1.82, 2.24) is 14.9 Å². The van der Waals surface area contributed by atoms with Gasteiger partial charge in [-0.3, -0.25) is 0 Å². The first-order valence-electron chi connectivity index (χ1n) is 5.27. The van der Waals surface area contributed by atoms with Crippen LogP contribution in [0.1, 0.15) is 30.3 Å². The van der Waals surface area contributed by atoms with Gasteiger partial charge in [0.25, 0.3) is 0 Å². The van der Waals surface area contributed by atoms with Crippen molar-refractivity contribution in [3.05, 3.63) is 17.7 Å². The standard InChI is InChI=1S/C10H15N3O/c14-9-3-7(4-9)10-12-6-8-5-11-1-2-13(8)10/h6-7,9,11,14H,1-5H2. The first-order chi connectivity index (χ1) is 6.84. The van der Waals surface area contributed by atoms with E-state index in [1.165, 1.54) is 11.5 Å². The van der Waals surface area contributed by atoms with Crippen molar-refractivity contribution in [3.63, 3.8) is 0 Å². The molecule has 0 amide bonds. The van der Waals surface area contributed by atoms with Gasteiger partial charge in [0.05, 0.1) is 11.8 Å². The molecule has 1 saturated carbocycles. The van der Waals surface area contributed by atoms with Crippen LogP contribution in [0.5, 0.6) is 0 Å². The fraction of sp³-hybridized carbons (Fsp3) is 0.700. The molecule has 76 valence electrons. The highest BCUT2D eigenvalue weighted by atomic mass is 16.3. The Bertz CT molecular complexity index is 341. The number of aliphatic hydroxyl groups excluding tert-OH is 1. The number of imidazole rings is 1. The fourth-order valence-electron chi connectivity index (χ4n) is 2.36. The van der Waals surface area contributed by atoms with Gasteiger partial charge < -0.3 is 15.0 Å². The second-order valence-electron chi connectivity index (χ2n) is 4.26. The Kier molecular flexibility index (Phi) is 1.85. The summed E-state index contributed by atoms with van der Waals surface area (Å²) in [6.45, 7) is 2.99. The third kappa shape index (κ3) is 1.18. The third-order valence-electron chi connectivity index (χ3n) is 3.27. The molecule has 0 aromatic carbocycles. The normalized spacial score (nSPS) is 30.9. The van der Waals surface area contributed by atoms with Crippen LogP contribution >= 0.6 is 0 Å². The molecule has 4 heteroatoms. The summed E-state index contributed by atoms with van der Waals surface area (Å²) in [6.07, 6.45) is 3.66. The van der Waals surface area contributed by atoms with Gasteiger partial charge >= 0.3 is 0 Å². The average molecular weight is 193 g/mol. The van der Waals surface area contributed by atoms with E-state index in [-0.39, 0.29) is 6.10 Å². The van der Waals surface area contributed by atoms with E-state index in [1.807, 2.05) is 6.20 Å².